The summed E-state index contributed by atoms with van der Waals surface area (Å²) < 4.78 is 10.6. The third kappa shape index (κ3) is 2.67. The van der Waals surface area contributed by atoms with Gasteiger partial charge in [-0.2, -0.15) is 0 Å². The quantitative estimate of drug-likeness (QED) is 0.678. The Labute approximate surface area is 85.3 Å². The Morgan fingerprint density at radius 3 is 2.64 bits per heavy atom. The summed E-state index contributed by atoms with van der Waals surface area (Å²) in [6, 6.07) is 0.274. The molecular weight excluding hydrogens is 180 g/mol. The number of hydrogen-bond donors (Lipinski definition) is 1. The summed E-state index contributed by atoms with van der Waals surface area (Å²) in [5.74, 6) is 0.567. The molecular formula is C10H20N2O2. The molecule has 2 fully saturated rings. The van der Waals surface area contributed by atoms with Crippen molar-refractivity contribution in [2.24, 2.45) is 11.7 Å². The number of rotatable bonds is 3. The van der Waals surface area contributed by atoms with Crippen LogP contribution in [0, 0.1) is 5.92 Å². The topological polar surface area (TPSA) is 47.7 Å². The van der Waals surface area contributed by atoms with Crippen molar-refractivity contribution < 1.29 is 9.47 Å². The van der Waals surface area contributed by atoms with Gasteiger partial charge >= 0.3 is 0 Å². The van der Waals surface area contributed by atoms with E-state index in [1.165, 1.54) is 0 Å². The molecule has 4 nitrogen and oxygen atoms in total. The molecule has 0 radical (unpaired) electrons. The second-order valence-corrected chi connectivity index (χ2v) is 4.20. The highest BCUT2D eigenvalue weighted by Gasteiger charge is 2.24. The zero-order valence-electron chi connectivity index (χ0n) is 8.65. The van der Waals surface area contributed by atoms with E-state index in [2.05, 4.69) is 4.90 Å². The molecule has 0 amide bonds. The molecule has 82 valence electrons. The smallest absolute Gasteiger partial charge is 0.0594 e. The highest BCUT2D eigenvalue weighted by molar-refractivity contribution is 4.80. The fourth-order valence-electron chi connectivity index (χ4n) is 2.12. The molecule has 4 heteroatoms. The average molecular weight is 200 g/mol. The number of hydrogen-bond acceptors (Lipinski definition) is 4. The van der Waals surface area contributed by atoms with Gasteiger partial charge < -0.3 is 15.2 Å². The van der Waals surface area contributed by atoms with E-state index in [1.807, 2.05) is 0 Å². The van der Waals surface area contributed by atoms with Crippen LogP contribution in [0.4, 0.5) is 0 Å². The van der Waals surface area contributed by atoms with Crippen molar-refractivity contribution in [3.05, 3.63) is 0 Å². The van der Waals surface area contributed by atoms with Gasteiger partial charge in [0, 0.05) is 38.2 Å². The van der Waals surface area contributed by atoms with E-state index >= 15 is 0 Å². The van der Waals surface area contributed by atoms with Crippen LogP contribution >= 0.6 is 0 Å². The lowest BCUT2D eigenvalue weighted by molar-refractivity contribution is 0.0321. The van der Waals surface area contributed by atoms with Crippen LogP contribution in [0.1, 0.15) is 6.42 Å². The van der Waals surface area contributed by atoms with Crippen LogP contribution in [0.25, 0.3) is 0 Å². The molecule has 0 aromatic rings. The average Bonchev–Trinajstić information content (AvgIpc) is 2.72. The molecule has 2 rings (SSSR count). The van der Waals surface area contributed by atoms with E-state index in [-0.39, 0.29) is 6.04 Å². The van der Waals surface area contributed by atoms with Crippen molar-refractivity contribution in [3.63, 3.8) is 0 Å². The van der Waals surface area contributed by atoms with Crippen molar-refractivity contribution in [2.45, 2.75) is 12.5 Å². The summed E-state index contributed by atoms with van der Waals surface area (Å²) in [7, 11) is 0. The molecule has 0 aliphatic carbocycles. The molecule has 2 N–H and O–H groups in total. The first-order chi connectivity index (χ1) is 6.86. The standard InChI is InChI=1S/C10H20N2O2/c11-10(9-1-4-14-8-9)7-12-2-5-13-6-3-12/h9-10H,1-8,11H2. The molecule has 0 aromatic heterocycles. The Bertz CT molecular complexity index is 166. The van der Waals surface area contributed by atoms with E-state index in [9.17, 15) is 0 Å². The number of nitrogens with zero attached hydrogens (tertiary/aromatic N) is 1. The van der Waals surface area contributed by atoms with Crippen LogP contribution in [-0.2, 0) is 9.47 Å². The van der Waals surface area contributed by atoms with Gasteiger partial charge in [-0.15, -0.1) is 0 Å². The van der Waals surface area contributed by atoms with Crippen molar-refractivity contribution >= 4 is 0 Å². The van der Waals surface area contributed by atoms with E-state index in [0.29, 0.717) is 5.92 Å². The van der Waals surface area contributed by atoms with Gasteiger partial charge in [0.05, 0.1) is 19.8 Å². The Kier molecular flexibility index (Phi) is 3.75. The Balaban J connectivity index is 1.72. The Morgan fingerprint density at radius 2 is 2.00 bits per heavy atom. The van der Waals surface area contributed by atoms with Crippen LogP contribution < -0.4 is 5.73 Å². The lowest BCUT2D eigenvalue weighted by atomic mass is 9.99. The fraction of sp³-hybridized carbons (Fsp3) is 1.00. The normalized spacial score (nSPS) is 31.9. The monoisotopic (exact) mass is 200 g/mol. The molecule has 2 atom stereocenters. The predicted octanol–water partition coefficient (Wildman–Crippen LogP) is -0.318. The molecule has 2 unspecified atom stereocenters. The molecule has 2 saturated heterocycles. The maximum Gasteiger partial charge on any atom is 0.0594 e. The lowest BCUT2D eigenvalue weighted by Gasteiger charge is -2.30. The molecule has 14 heavy (non-hydrogen) atoms. The largest absolute Gasteiger partial charge is 0.381 e. The molecule has 0 saturated carbocycles. The number of nitrogens with two attached hydrogens (primary N) is 1. The highest BCUT2D eigenvalue weighted by Crippen LogP contribution is 2.16. The molecule has 0 bridgehead atoms. The summed E-state index contributed by atoms with van der Waals surface area (Å²) in [6.45, 7) is 6.51. The summed E-state index contributed by atoms with van der Waals surface area (Å²) in [6.07, 6.45) is 1.13. The number of morpholine rings is 1. The second kappa shape index (κ2) is 5.07. The lowest BCUT2D eigenvalue weighted by Crippen LogP contribution is -2.46. The highest BCUT2D eigenvalue weighted by atomic mass is 16.5. The van der Waals surface area contributed by atoms with Gasteiger partial charge in [0.15, 0.2) is 0 Å². The van der Waals surface area contributed by atoms with Crippen LogP contribution in [0.2, 0.25) is 0 Å². The fourth-order valence-corrected chi connectivity index (χ4v) is 2.12. The molecule has 0 spiro atoms. The van der Waals surface area contributed by atoms with Gasteiger partial charge in [-0.25, -0.2) is 0 Å². The first-order valence-corrected chi connectivity index (χ1v) is 5.49. The van der Waals surface area contributed by atoms with Crippen molar-refractivity contribution in [1.29, 1.82) is 0 Å². The summed E-state index contributed by atoms with van der Waals surface area (Å²) in [4.78, 5) is 2.40. The molecule has 0 aromatic carbocycles. The summed E-state index contributed by atoms with van der Waals surface area (Å²) in [5, 5.41) is 0. The molecule has 2 heterocycles. The Hall–Kier alpha value is -0.160. The zero-order valence-corrected chi connectivity index (χ0v) is 8.65. The first kappa shape index (κ1) is 10.4. The van der Waals surface area contributed by atoms with Crippen molar-refractivity contribution in [1.82, 2.24) is 4.90 Å². The second-order valence-electron chi connectivity index (χ2n) is 4.20. The number of ether oxygens (including phenoxy) is 2. The molecule has 2 aliphatic rings. The zero-order chi connectivity index (χ0) is 9.80. The van der Waals surface area contributed by atoms with Gasteiger partial charge in [0.1, 0.15) is 0 Å². The van der Waals surface area contributed by atoms with Crippen molar-refractivity contribution in [2.75, 3.05) is 46.1 Å². The first-order valence-electron chi connectivity index (χ1n) is 5.49. The third-order valence-corrected chi connectivity index (χ3v) is 3.14. The van der Waals surface area contributed by atoms with Crippen LogP contribution in [0.15, 0.2) is 0 Å². The van der Waals surface area contributed by atoms with Crippen LogP contribution in [0.5, 0.6) is 0 Å². The predicted molar refractivity (Wildman–Crippen MR) is 54.2 cm³/mol. The maximum absolute atomic E-state index is 6.15. The third-order valence-electron chi connectivity index (χ3n) is 3.14. The summed E-state index contributed by atoms with van der Waals surface area (Å²) >= 11 is 0. The van der Waals surface area contributed by atoms with Crippen LogP contribution in [-0.4, -0.2) is 57.0 Å². The van der Waals surface area contributed by atoms with Gasteiger partial charge in [0.2, 0.25) is 0 Å². The van der Waals surface area contributed by atoms with Gasteiger partial charge in [-0.3, -0.25) is 4.90 Å². The minimum atomic E-state index is 0.274. The van der Waals surface area contributed by atoms with Crippen LogP contribution in [0.3, 0.4) is 0 Å². The SMILES string of the molecule is NC(CN1CCOCC1)C1CCOC1. The van der Waals surface area contributed by atoms with E-state index < -0.39 is 0 Å². The Morgan fingerprint density at radius 1 is 1.21 bits per heavy atom. The van der Waals surface area contributed by atoms with E-state index in [4.69, 9.17) is 15.2 Å². The van der Waals surface area contributed by atoms with Crippen molar-refractivity contribution in [3.8, 4) is 0 Å². The van der Waals surface area contributed by atoms with Gasteiger partial charge in [-0.1, -0.05) is 0 Å². The summed E-state index contributed by atoms with van der Waals surface area (Å²) in [5.41, 5.74) is 6.15. The van der Waals surface area contributed by atoms with Gasteiger partial charge in [-0.05, 0) is 6.42 Å². The van der Waals surface area contributed by atoms with Gasteiger partial charge in [0.25, 0.3) is 0 Å². The van der Waals surface area contributed by atoms with E-state index in [0.717, 1.165) is 52.5 Å². The molecule has 2 aliphatic heterocycles. The minimum Gasteiger partial charge on any atom is -0.381 e. The maximum atomic E-state index is 6.15. The van der Waals surface area contributed by atoms with E-state index in [1.54, 1.807) is 0 Å². The minimum absolute atomic E-state index is 0.274.